The molecule has 0 aliphatic rings. The van der Waals surface area contributed by atoms with Crippen LogP contribution in [0.4, 0.5) is 0 Å². The van der Waals surface area contributed by atoms with E-state index in [1.54, 1.807) is 0 Å². The van der Waals surface area contributed by atoms with E-state index < -0.39 is 0 Å². The topological polar surface area (TPSA) is 35.0 Å². The van der Waals surface area contributed by atoms with Gasteiger partial charge in [-0.15, -0.1) is 0 Å². The lowest BCUT2D eigenvalue weighted by molar-refractivity contribution is 0.340. The highest BCUT2D eigenvalue weighted by Crippen LogP contribution is 2.24. The molecule has 0 saturated carbocycles. The van der Waals surface area contributed by atoms with Crippen molar-refractivity contribution in [3.63, 3.8) is 0 Å². The van der Waals surface area contributed by atoms with Crippen molar-refractivity contribution in [3.8, 4) is 17.0 Å². The first-order valence-electron chi connectivity index (χ1n) is 6.38. The highest BCUT2D eigenvalue weighted by molar-refractivity contribution is 9.10. The van der Waals surface area contributed by atoms with Gasteiger partial charge in [-0.1, -0.05) is 13.8 Å². The highest BCUT2D eigenvalue weighted by atomic mass is 79.9. The summed E-state index contributed by atoms with van der Waals surface area (Å²) in [7, 11) is 0. The third-order valence-corrected chi connectivity index (χ3v) is 3.10. The number of rotatable bonds is 4. The van der Waals surface area contributed by atoms with Gasteiger partial charge in [0, 0.05) is 11.5 Å². The lowest BCUT2D eigenvalue weighted by Gasteiger charge is -2.08. The molecule has 0 atom stereocenters. The van der Waals surface area contributed by atoms with Crippen LogP contribution in [0.5, 0.6) is 5.75 Å². The molecule has 2 rings (SSSR count). The summed E-state index contributed by atoms with van der Waals surface area (Å²) >= 11 is 3.44. The fourth-order valence-electron chi connectivity index (χ4n) is 1.73. The Bertz CT molecular complexity index is 553. The van der Waals surface area contributed by atoms with Gasteiger partial charge in [0.1, 0.15) is 16.2 Å². The molecule has 3 nitrogen and oxygen atoms in total. The first kappa shape index (κ1) is 14.0. The molecular weight excluding hydrogens is 304 g/mol. The minimum absolute atomic E-state index is 0.305. The van der Waals surface area contributed by atoms with E-state index in [0.717, 1.165) is 27.4 Å². The van der Waals surface area contributed by atoms with E-state index in [1.807, 2.05) is 37.3 Å². The lowest BCUT2D eigenvalue weighted by Crippen LogP contribution is -1.99. The summed E-state index contributed by atoms with van der Waals surface area (Å²) in [5.41, 5.74) is 1.99. The molecule has 0 radical (unpaired) electrons. The summed E-state index contributed by atoms with van der Waals surface area (Å²) in [5, 5.41) is 0. The van der Waals surface area contributed by atoms with Crippen LogP contribution in [0, 0.1) is 0 Å². The lowest BCUT2D eigenvalue weighted by atomic mass is 10.1. The van der Waals surface area contributed by atoms with Gasteiger partial charge in [-0.2, -0.15) is 0 Å². The molecule has 0 spiro atoms. The molecule has 19 heavy (non-hydrogen) atoms. The molecule has 100 valence electrons. The fraction of sp³-hybridized carbons (Fsp3) is 0.333. The number of halogens is 1. The van der Waals surface area contributed by atoms with Crippen LogP contribution < -0.4 is 4.74 Å². The summed E-state index contributed by atoms with van der Waals surface area (Å²) in [6, 6.07) is 9.89. The zero-order valence-electron chi connectivity index (χ0n) is 11.4. The molecule has 0 fully saturated rings. The molecule has 0 amide bonds. The molecule has 1 aromatic heterocycles. The summed E-state index contributed by atoms with van der Waals surface area (Å²) < 4.78 is 6.26. The zero-order chi connectivity index (χ0) is 13.8. The molecular formula is C15H17BrN2O. The quantitative estimate of drug-likeness (QED) is 0.782. The van der Waals surface area contributed by atoms with Gasteiger partial charge < -0.3 is 4.74 Å². The molecule has 1 heterocycles. The predicted molar refractivity (Wildman–Crippen MR) is 80.4 cm³/mol. The van der Waals surface area contributed by atoms with Crippen LogP contribution in [0.15, 0.2) is 34.9 Å². The van der Waals surface area contributed by atoms with Crippen LogP contribution in [0.25, 0.3) is 11.3 Å². The molecule has 0 unspecified atom stereocenters. The van der Waals surface area contributed by atoms with E-state index in [4.69, 9.17) is 4.74 Å². The van der Waals surface area contributed by atoms with Gasteiger partial charge in [0.25, 0.3) is 0 Å². The Labute approximate surface area is 122 Å². The van der Waals surface area contributed by atoms with Gasteiger partial charge in [0.2, 0.25) is 0 Å². The van der Waals surface area contributed by atoms with Gasteiger partial charge >= 0.3 is 0 Å². The van der Waals surface area contributed by atoms with Gasteiger partial charge in [-0.3, -0.25) is 0 Å². The summed E-state index contributed by atoms with van der Waals surface area (Å²) in [6.45, 7) is 6.83. The van der Waals surface area contributed by atoms with E-state index in [9.17, 15) is 0 Å². The van der Waals surface area contributed by atoms with Crippen molar-refractivity contribution in [1.29, 1.82) is 0 Å². The van der Waals surface area contributed by atoms with Crippen molar-refractivity contribution in [3.05, 3.63) is 40.8 Å². The third-order valence-electron chi connectivity index (χ3n) is 2.69. The summed E-state index contributed by atoms with van der Waals surface area (Å²) in [6.07, 6.45) is 0. The van der Waals surface area contributed by atoms with Crippen molar-refractivity contribution in [2.45, 2.75) is 26.7 Å². The van der Waals surface area contributed by atoms with Gasteiger partial charge in [0.05, 0.1) is 12.3 Å². The fourth-order valence-corrected chi connectivity index (χ4v) is 2.13. The van der Waals surface area contributed by atoms with Crippen LogP contribution in [-0.4, -0.2) is 16.6 Å². The average Bonchev–Trinajstić information content (AvgIpc) is 2.39. The predicted octanol–water partition coefficient (Wildman–Crippen LogP) is 4.43. The Kier molecular flexibility index (Phi) is 4.53. The molecule has 4 heteroatoms. The van der Waals surface area contributed by atoms with Gasteiger partial charge in [-0.25, -0.2) is 9.97 Å². The minimum Gasteiger partial charge on any atom is -0.494 e. The second-order valence-electron chi connectivity index (χ2n) is 4.55. The summed E-state index contributed by atoms with van der Waals surface area (Å²) in [5.74, 6) is 2.03. The van der Waals surface area contributed by atoms with Crippen molar-refractivity contribution in [2.24, 2.45) is 0 Å². The Morgan fingerprint density at radius 1 is 1.16 bits per heavy atom. The van der Waals surface area contributed by atoms with Crippen molar-refractivity contribution in [2.75, 3.05) is 6.61 Å². The van der Waals surface area contributed by atoms with Crippen LogP contribution in [0.3, 0.4) is 0 Å². The van der Waals surface area contributed by atoms with Crippen molar-refractivity contribution >= 4 is 15.9 Å². The maximum atomic E-state index is 5.44. The average molecular weight is 321 g/mol. The van der Waals surface area contributed by atoms with E-state index >= 15 is 0 Å². The van der Waals surface area contributed by atoms with Crippen LogP contribution in [0.2, 0.25) is 0 Å². The smallest absolute Gasteiger partial charge is 0.132 e. The second-order valence-corrected chi connectivity index (χ2v) is 5.36. The Morgan fingerprint density at radius 3 is 2.42 bits per heavy atom. The third kappa shape index (κ3) is 3.53. The Balaban J connectivity index is 2.35. The van der Waals surface area contributed by atoms with Crippen LogP contribution in [0.1, 0.15) is 32.5 Å². The summed E-state index contributed by atoms with van der Waals surface area (Å²) in [4.78, 5) is 8.98. The van der Waals surface area contributed by atoms with Gasteiger partial charge in [0.15, 0.2) is 0 Å². The first-order valence-corrected chi connectivity index (χ1v) is 7.17. The van der Waals surface area contributed by atoms with E-state index in [1.165, 1.54) is 0 Å². The highest BCUT2D eigenvalue weighted by Gasteiger charge is 2.08. The van der Waals surface area contributed by atoms with E-state index in [-0.39, 0.29) is 0 Å². The number of aromatic nitrogens is 2. The second kappa shape index (κ2) is 6.15. The molecule has 0 saturated heterocycles. The molecule has 0 aliphatic heterocycles. The zero-order valence-corrected chi connectivity index (χ0v) is 12.9. The number of nitrogens with zero attached hydrogens (tertiary/aromatic N) is 2. The maximum absolute atomic E-state index is 5.44. The number of hydrogen-bond acceptors (Lipinski definition) is 3. The molecule has 2 aromatic rings. The van der Waals surface area contributed by atoms with Crippen molar-refractivity contribution in [1.82, 2.24) is 9.97 Å². The van der Waals surface area contributed by atoms with Gasteiger partial charge in [-0.05, 0) is 53.2 Å². The number of hydrogen-bond donors (Lipinski definition) is 0. The normalized spacial score (nSPS) is 10.8. The van der Waals surface area contributed by atoms with Crippen LogP contribution in [-0.2, 0) is 0 Å². The molecule has 0 N–H and O–H groups in total. The minimum atomic E-state index is 0.305. The van der Waals surface area contributed by atoms with E-state index in [0.29, 0.717) is 12.5 Å². The first-order chi connectivity index (χ1) is 9.10. The number of ether oxygens (including phenoxy) is 1. The molecule has 0 aliphatic carbocycles. The monoisotopic (exact) mass is 320 g/mol. The maximum Gasteiger partial charge on any atom is 0.132 e. The van der Waals surface area contributed by atoms with Crippen LogP contribution >= 0.6 is 15.9 Å². The molecule has 0 bridgehead atoms. The SMILES string of the molecule is CCOc1ccc(-c2cc(Br)nc(C(C)C)n2)cc1. The standard InChI is InChI=1S/C15H17BrN2O/c1-4-19-12-7-5-11(6-8-12)13-9-14(16)18-15(17-13)10(2)3/h5-10H,4H2,1-3H3. The molecule has 1 aromatic carbocycles. The Morgan fingerprint density at radius 2 is 1.84 bits per heavy atom. The largest absolute Gasteiger partial charge is 0.494 e. The van der Waals surface area contributed by atoms with E-state index in [2.05, 4.69) is 39.7 Å². The Hall–Kier alpha value is -1.42. The van der Waals surface area contributed by atoms with Crippen molar-refractivity contribution < 1.29 is 4.74 Å². The number of benzene rings is 1.